The van der Waals surface area contributed by atoms with E-state index < -0.39 is 24.5 Å². The molecule has 168 valence electrons. The van der Waals surface area contributed by atoms with Gasteiger partial charge in [0.15, 0.2) is 28.4 Å². The van der Waals surface area contributed by atoms with E-state index in [2.05, 4.69) is 28.7 Å². The van der Waals surface area contributed by atoms with Crippen molar-refractivity contribution in [1.82, 2.24) is 19.5 Å². The molecule has 3 rings (SSSR count). The Hall–Kier alpha value is -1.46. The zero-order chi connectivity index (χ0) is 21.7. The van der Waals surface area contributed by atoms with Crippen molar-refractivity contribution in [2.24, 2.45) is 0 Å². The maximum Gasteiger partial charge on any atom is 0.191 e. The zero-order valence-electron chi connectivity index (χ0n) is 17.9. The van der Waals surface area contributed by atoms with E-state index in [1.807, 2.05) is 6.92 Å². The van der Waals surface area contributed by atoms with Gasteiger partial charge in [0.1, 0.15) is 18.3 Å². The lowest BCUT2D eigenvalue weighted by molar-refractivity contribution is -0.0511. The van der Waals surface area contributed by atoms with Gasteiger partial charge < -0.3 is 25.0 Å². The number of nitrogens with zero attached hydrogens (tertiary/aromatic N) is 5. The fourth-order valence-electron chi connectivity index (χ4n) is 3.61. The SMILES string of the molecule is CCCCN(CCCC)c1nc(SCC)nc2c1ncn2[C@@H]1O[C@H](CO)[C@@H](O)[C@H]1O. The second-order valence-corrected chi connectivity index (χ2v) is 8.74. The third kappa shape index (κ3) is 4.72. The van der Waals surface area contributed by atoms with Crippen LogP contribution in [0.3, 0.4) is 0 Å². The summed E-state index contributed by atoms with van der Waals surface area (Å²) >= 11 is 1.55. The fraction of sp³-hybridized carbons (Fsp3) is 0.750. The Balaban J connectivity index is 2.06. The zero-order valence-corrected chi connectivity index (χ0v) is 18.8. The molecule has 0 aliphatic carbocycles. The molecule has 30 heavy (non-hydrogen) atoms. The van der Waals surface area contributed by atoms with E-state index in [-0.39, 0.29) is 6.61 Å². The lowest BCUT2D eigenvalue weighted by Crippen LogP contribution is -2.33. The maximum atomic E-state index is 10.5. The number of unbranched alkanes of at least 4 members (excludes halogenated alkanes) is 2. The first kappa shape index (κ1) is 23.2. The summed E-state index contributed by atoms with van der Waals surface area (Å²) in [6, 6.07) is 0. The summed E-state index contributed by atoms with van der Waals surface area (Å²) in [4.78, 5) is 16.3. The molecular formula is C20H33N5O4S. The van der Waals surface area contributed by atoms with Crippen molar-refractivity contribution in [1.29, 1.82) is 0 Å². The van der Waals surface area contributed by atoms with Crippen molar-refractivity contribution in [3.63, 3.8) is 0 Å². The van der Waals surface area contributed by atoms with Crippen LogP contribution in [0.15, 0.2) is 11.5 Å². The quantitative estimate of drug-likeness (QED) is 0.357. The van der Waals surface area contributed by atoms with Gasteiger partial charge in [0.2, 0.25) is 0 Å². The van der Waals surface area contributed by atoms with E-state index in [1.54, 1.807) is 22.7 Å². The van der Waals surface area contributed by atoms with Crippen LogP contribution in [-0.4, -0.2) is 78.6 Å². The first-order valence-electron chi connectivity index (χ1n) is 10.8. The molecule has 0 saturated carbocycles. The monoisotopic (exact) mass is 439 g/mol. The predicted molar refractivity (Wildman–Crippen MR) is 117 cm³/mol. The molecule has 0 bridgehead atoms. The Morgan fingerprint density at radius 1 is 1.10 bits per heavy atom. The van der Waals surface area contributed by atoms with E-state index in [0.717, 1.165) is 50.3 Å². The summed E-state index contributed by atoms with van der Waals surface area (Å²) in [7, 11) is 0. The number of thioether (sulfide) groups is 1. The van der Waals surface area contributed by atoms with Crippen molar-refractivity contribution in [3.05, 3.63) is 6.33 Å². The molecule has 0 spiro atoms. The molecule has 2 aromatic heterocycles. The summed E-state index contributed by atoms with van der Waals surface area (Å²) < 4.78 is 7.35. The average molecular weight is 440 g/mol. The molecule has 4 atom stereocenters. The van der Waals surface area contributed by atoms with Gasteiger partial charge in [0, 0.05) is 13.1 Å². The van der Waals surface area contributed by atoms with Crippen molar-refractivity contribution in [3.8, 4) is 0 Å². The number of aromatic nitrogens is 4. The smallest absolute Gasteiger partial charge is 0.191 e. The van der Waals surface area contributed by atoms with Crippen LogP contribution < -0.4 is 4.90 Å². The van der Waals surface area contributed by atoms with Crippen LogP contribution in [0.1, 0.15) is 52.7 Å². The fourth-order valence-corrected chi connectivity index (χ4v) is 4.17. The van der Waals surface area contributed by atoms with Gasteiger partial charge in [-0.15, -0.1) is 0 Å². The number of hydrogen-bond donors (Lipinski definition) is 3. The second-order valence-electron chi connectivity index (χ2n) is 7.51. The van der Waals surface area contributed by atoms with Crippen molar-refractivity contribution in [2.75, 3.05) is 30.3 Å². The summed E-state index contributed by atoms with van der Waals surface area (Å²) in [6.45, 7) is 7.79. The van der Waals surface area contributed by atoms with Crippen LogP contribution in [0.25, 0.3) is 11.2 Å². The van der Waals surface area contributed by atoms with E-state index in [0.29, 0.717) is 16.3 Å². The molecule has 0 aromatic carbocycles. The van der Waals surface area contributed by atoms with Crippen LogP contribution in [0.2, 0.25) is 0 Å². The Bertz CT molecular complexity index is 812. The van der Waals surface area contributed by atoms with Gasteiger partial charge in [-0.1, -0.05) is 45.4 Å². The summed E-state index contributed by atoms with van der Waals surface area (Å²) in [5.41, 5.74) is 1.21. The largest absolute Gasteiger partial charge is 0.394 e. The van der Waals surface area contributed by atoms with Crippen molar-refractivity contribution < 1.29 is 20.1 Å². The van der Waals surface area contributed by atoms with Crippen LogP contribution in [0.4, 0.5) is 5.82 Å². The number of imidazole rings is 1. The molecule has 0 radical (unpaired) electrons. The number of rotatable bonds is 11. The standard InChI is InChI=1S/C20H33N5O4S/c1-4-7-9-24(10-8-5-2)17-14-18(23-20(22-17)30-6-3)25(12-21-14)19-16(28)15(27)13(11-26)29-19/h12-13,15-16,19,26-28H,4-11H2,1-3H3/t13-,15-,16-,19-/m1/s1. The molecule has 3 heterocycles. The van der Waals surface area contributed by atoms with Crippen LogP contribution >= 0.6 is 11.8 Å². The molecule has 2 aromatic rings. The second kappa shape index (κ2) is 10.7. The van der Waals surface area contributed by atoms with Crippen LogP contribution in [0.5, 0.6) is 0 Å². The molecular weight excluding hydrogens is 406 g/mol. The third-order valence-electron chi connectivity index (χ3n) is 5.31. The summed E-state index contributed by atoms with van der Waals surface area (Å²) in [6.07, 6.45) is 1.78. The maximum absolute atomic E-state index is 10.5. The number of ether oxygens (including phenoxy) is 1. The van der Waals surface area contributed by atoms with Gasteiger partial charge >= 0.3 is 0 Å². The highest BCUT2D eigenvalue weighted by Gasteiger charge is 2.44. The predicted octanol–water partition coefficient (Wildman–Crippen LogP) is 1.96. The molecule has 0 amide bonds. The normalized spacial score (nSPS) is 24.1. The molecule has 1 aliphatic heterocycles. The molecule has 10 heteroatoms. The molecule has 9 nitrogen and oxygen atoms in total. The average Bonchev–Trinajstić information content (AvgIpc) is 3.29. The van der Waals surface area contributed by atoms with E-state index in [1.165, 1.54) is 0 Å². The van der Waals surface area contributed by atoms with E-state index >= 15 is 0 Å². The Morgan fingerprint density at radius 2 is 1.80 bits per heavy atom. The highest BCUT2D eigenvalue weighted by molar-refractivity contribution is 7.99. The topological polar surface area (TPSA) is 117 Å². The van der Waals surface area contributed by atoms with E-state index in [9.17, 15) is 15.3 Å². The Morgan fingerprint density at radius 3 is 2.37 bits per heavy atom. The van der Waals surface area contributed by atoms with Gasteiger partial charge in [0.05, 0.1) is 12.9 Å². The van der Waals surface area contributed by atoms with Crippen molar-refractivity contribution in [2.45, 2.75) is 76.2 Å². The lowest BCUT2D eigenvalue weighted by atomic mass is 10.1. The number of hydrogen-bond acceptors (Lipinski definition) is 9. The van der Waals surface area contributed by atoms with Gasteiger partial charge in [-0.05, 0) is 18.6 Å². The minimum absolute atomic E-state index is 0.375. The summed E-state index contributed by atoms with van der Waals surface area (Å²) in [5.74, 6) is 1.62. The van der Waals surface area contributed by atoms with E-state index in [4.69, 9.17) is 9.72 Å². The highest BCUT2D eigenvalue weighted by atomic mass is 32.2. The minimum atomic E-state index is -1.18. The van der Waals surface area contributed by atoms with Gasteiger partial charge in [0.25, 0.3) is 0 Å². The number of fused-ring (bicyclic) bond motifs is 1. The van der Waals surface area contributed by atoms with Crippen LogP contribution in [0, 0.1) is 0 Å². The molecule has 0 unspecified atom stereocenters. The number of aliphatic hydroxyl groups is 3. The Labute approximate surface area is 181 Å². The molecule has 3 N–H and O–H groups in total. The van der Waals surface area contributed by atoms with Crippen LogP contribution in [-0.2, 0) is 4.74 Å². The lowest BCUT2D eigenvalue weighted by Gasteiger charge is -2.24. The first-order valence-corrected chi connectivity index (χ1v) is 11.8. The van der Waals surface area contributed by atoms with Gasteiger partial charge in [-0.2, -0.15) is 0 Å². The van der Waals surface area contributed by atoms with Gasteiger partial charge in [-0.25, -0.2) is 15.0 Å². The number of aliphatic hydroxyl groups excluding tert-OH is 3. The first-order chi connectivity index (χ1) is 14.5. The molecule has 1 fully saturated rings. The van der Waals surface area contributed by atoms with Crippen molar-refractivity contribution >= 4 is 28.7 Å². The molecule has 1 aliphatic rings. The molecule has 1 saturated heterocycles. The Kier molecular flexibility index (Phi) is 8.29. The van der Waals surface area contributed by atoms with Gasteiger partial charge in [-0.3, -0.25) is 4.57 Å². The highest BCUT2D eigenvalue weighted by Crippen LogP contribution is 2.34. The summed E-state index contributed by atoms with van der Waals surface area (Å²) in [5, 5.41) is 30.7. The third-order valence-corrected chi connectivity index (χ3v) is 6.04. The number of anilines is 1. The minimum Gasteiger partial charge on any atom is -0.394 e.